The molecule has 3 aromatic rings. The highest BCUT2D eigenvalue weighted by Crippen LogP contribution is 2.40. The summed E-state index contributed by atoms with van der Waals surface area (Å²) >= 11 is 1.49. The minimum Gasteiger partial charge on any atom is -0.311 e. The molecule has 5 nitrogen and oxygen atoms in total. The van der Waals surface area contributed by atoms with Crippen LogP contribution >= 0.6 is 11.8 Å². The fourth-order valence-electron chi connectivity index (χ4n) is 3.44. The third-order valence-electron chi connectivity index (χ3n) is 5.08. The number of fused-ring (bicyclic) bond motifs is 1. The van der Waals surface area contributed by atoms with Gasteiger partial charge in [-0.05, 0) is 38.1 Å². The minimum absolute atomic E-state index is 0.0924. The number of carbonyl (C=O) groups excluding carboxylic acids is 1. The van der Waals surface area contributed by atoms with Crippen LogP contribution in [0, 0.1) is 0 Å². The first-order chi connectivity index (χ1) is 13.1. The van der Waals surface area contributed by atoms with E-state index in [0.29, 0.717) is 12.5 Å². The average molecular weight is 381 g/mol. The van der Waals surface area contributed by atoms with Gasteiger partial charge in [0.15, 0.2) is 5.16 Å². The maximum Gasteiger partial charge on any atom is 0.240 e. The lowest BCUT2D eigenvalue weighted by atomic mass is 10.1. The van der Waals surface area contributed by atoms with E-state index in [1.807, 2.05) is 54.6 Å². The monoisotopic (exact) mass is 380 g/mol. The second-order valence-electron chi connectivity index (χ2n) is 7.01. The van der Waals surface area contributed by atoms with Crippen LogP contribution in [0.4, 0.5) is 5.69 Å². The number of thioether (sulfide) groups is 1. The number of amides is 1. The molecule has 1 unspecified atom stereocenters. The zero-order valence-electron chi connectivity index (χ0n) is 15.9. The van der Waals surface area contributed by atoms with Crippen LogP contribution < -0.4 is 4.90 Å². The molecule has 6 heteroatoms. The van der Waals surface area contributed by atoms with E-state index in [4.69, 9.17) is 0 Å². The Hall–Kier alpha value is -2.34. The summed E-state index contributed by atoms with van der Waals surface area (Å²) in [4.78, 5) is 15.1. The third-order valence-corrected chi connectivity index (χ3v) is 6.20. The number of benzene rings is 2. The number of nitrogens with zero attached hydrogens (tertiary/aromatic N) is 4. The fourth-order valence-corrected chi connectivity index (χ4v) is 4.33. The van der Waals surface area contributed by atoms with Gasteiger partial charge >= 0.3 is 0 Å². The molecule has 0 N–H and O–H groups in total. The van der Waals surface area contributed by atoms with Gasteiger partial charge in [0.05, 0.1) is 10.9 Å². The van der Waals surface area contributed by atoms with Gasteiger partial charge in [0, 0.05) is 24.9 Å². The minimum atomic E-state index is -0.237. The molecule has 0 radical (unpaired) electrons. The smallest absolute Gasteiger partial charge is 0.240 e. The highest BCUT2D eigenvalue weighted by Gasteiger charge is 2.30. The van der Waals surface area contributed by atoms with Gasteiger partial charge in [0.2, 0.25) is 5.91 Å². The first-order valence-corrected chi connectivity index (χ1v) is 10.3. The molecule has 1 saturated carbocycles. The van der Waals surface area contributed by atoms with Crippen molar-refractivity contribution in [3.8, 4) is 0 Å². The lowest BCUT2D eigenvalue weighted by Gasteiger charge is -2.25. The Morgan fingerprint density at radius 1 is 1.22 bits per heavy atom. The number of hydrogen-bond donors (Lipinski definition) is 0. The van der Waals surface area contributed by atoms with Crippen molar-refractivity contribution in [1.29, 1.82) is 0 Å². The van der Waals surface area contributed by atoms with Crippen molar-refractivity contribution in [3.05, 3.63) is 48.3 Å². The molecule has 0 bridgehead atoms. The van der Waals surface area contributed by atoms with Crippen LogP contribution in [-0.2, 0) is 11.8 Å². The van der Waals surface area contributed by atoms with Crippen molar-refractivity contribution in [2.24, 2.45) is 7.05 Å². The molecule has 1 aromatic heterocycles. The number of hydrogen-bond acceptors (Lipinski definition) is 4. The van der Waals surface area contributed by atoms with E-state index in [0.717, 1.165) is 27.4 Å². The molecule has 1 fully saturated rings. The summed E-state index contributed by atoms with van der Waals surface area (Å²) in [5, 5.41) is 11.5. The Labute approximate surface area is 163 Å². The Kier molecular flexibility index (Phi) is 4.91. The predicted molar refractivity (Wildman–Crippen MR) is 110 cm³/mol. The normalized spacial score (nSPS) is 15.1. The molecule has 4 rings (SSSR count). The molecule has 1 aliphatic rings. The summed E-state index contributed by atoms with van der Waals surface area (Å²) in [5.41, 5.74) is 0.963. The van der Waals surface area contributed by atoms with Crippen LogP contribution in [0.15, 0.2) is 47.6 Å². The Balaban J connectivity index is 1.58. The molecular weight excluding hydrogens is 356 g/mol. The van der Waals surface area contributed by atoms with Crippen molar-refractivity contribution in [2.75, 3.05) is 11.4 Å². The van der Waals surface area contributed by atoms with Gasteiger partial charge in [-0.25, -0.2) is 0 Å². The second-order valence-corrected chi connectivity index (χ2v) is 8.32. The Morgan fingerprint density at radius 2 is 1.96 bits per heavy atom. The molecule has 1 amide bonds. The van der Waals surface area contributed by atoms with Gasteiger partial charge in [-0.3, -0.25) is 4.79 Å². The summed E-state index contributed by atoms with van der Waals surface area (Å²) in [6.45, 7) is 4.60. The van der Waals surface area contributed by atoms with Crippen molar-refractivity contribution in [2.45, 2.75) is 43.0 Å². The zero-order valence-corrected chi connectivity index (χ0v) is 16.7. The topological polar surface area (TPSA) is 51.0 Å². The number of anilines is 1. The Morgan fingerprint density at radius 3 is 2.70 bits per heavy atom. The van der Waals surface area contributed by atoms with E-state index < -0.39 is 0 Å². The molecular formula is C21H24N4OS. The van der Waals surface area contributed by atoms with Crippen molar-refractivity contribution >= 4 is 34.1 Å². The Bertz CT molecular complexity index is 974. The second kappa shape index (κ2) is 7.35. The fraction of sp³-hybridized carbons (Fsp3) is 0.381. The summed E-state index contributed by atoms with van der Waals surface area (Å²) in [5.74, 6) is 1.68. The molecule has 1 aliphatic carbocycles. The molecule has 0 spiro atoms. The lowest BCUT2D eigenvalue weighted by Crippen LogP contribution is -2.36. The maximum absolute atomic E-state index is 13.2. The van der Waals surface area contributed by atoms with Gasteiger partial charge < -0.3 is 9.47 Å². The molecule has 27 heavy (non-hydrogen) atoms. The quantitative estimate of drug-likeness (QED) is 0.596. The zero-order chi connectivity index (χ0) is 19.0. The van der Waals surface area contributed by atoms with Crippen molar-refractivity contribution < 1.29 is 4.79 Å². The first-order valence-electron chi connectivity index (χ1n) is 9.45. The molecule has 140 valence electrons. The van der Waals surface area contributed by atoms with E-state index in [-0.39, 0.29) is 11.2 Å². The largest absolute Gasteiger partial charge is 0.311 e. The maximum atomic E-state index is 13.2. The summed E-state index contributed by atoms with van der Waals surface area (Å²) in [6, 6.07) is 14.3. The summed E-state index contributed by atoms with van der Waals surface area (Å²) in [6.07, 6.45) is 2.38. The van der Waals surface area contributed by atoms with Crippen LogP contribution in [0.25, 0.3) is 10.8 Å². The molecule has 2 aromatic carbocycles. The van der Waals surface area contributed by atoms with Crippen molar-refractivity contribution in [3.63, 3.8) is 0 Å². The first kappa shape index (κ1) is 18.0. The van der Waals surface area contributed by atoms with Gasteiger partial charge in [0.25, 0.3) is 0 Å². The molecule has 1 heterocycles. The number of carbonyl (C=O) groups is 1. The van der Waals surface area contributed by atoms with Crippen LogP contribution in [0.2, 0.25) is 0 Å². The van der Waals surface area contributed by atoms with E-state index in [1.165, 1.54) is 24.6 Å². The number of rotatable bonds is 6. The lowest BCUT2D eigenvalue weighted by molar-refractivity contribution is -0.117. The summed E-state index contributed by atoms with van der Waals surface area (Å²) < 4.78 is 2.04. The van der Waals surface area contributed by atoms with Crippen molar-refractivity contribution in [1.82, 2.24) is 14.8 Å². The standard InChI is InChI=1S/C21H24N4OS/c1-4-25(18-11-7-9-15-8-5-6-10-17(15)18)20(26)14(2)27-21-23-22-19(24(21)3)16-12-13-16/h5-11,14,16H,4,12-13H2,1-3H3. The molecule has 0 aliphatic heterocycles. The van der Waals surface area contributed by atoms with Crippen LogP contribution in [0.1, 0.15) is 38.4 Å². The van der Waals surface area contributed by atoms with Crippen LogP contribution in [-0.4, -0.2) is 32.5 Å². The number of aromatic nitrogens is 3. The third kappa shape index (κ3) is 3.46. The SMILES string of the molecule is CCN(C(=O)C(C)Sc1nnc(C2CC2)n1C)c1cccc2ccccc12. The summed E-state index contributed by atoms with van der Waals surface area (Å²) in [7, 11) is 2.00. The molecule has 0 saturated heterocycles. The highest BCUT2D eigenvalue weighted by molar-refractivity contribution is 8.00. The van der Waals surface area contributed by atoms with Gasteiger partial charge in [0.1, 0.15) is 5.82 Å². The van der Waals surface area contributed by atoms with Gasteiger partial charge in [-0.1, -0.05) is 48.2 Å². The highest BCUT2D eigenvalue weighted by atomic mass is 32.2. The van der Waals surface area contributed by atoms with E-state index in [2.05, 4.69) is 28.4 Å². The predicted octanol–water partition coefficient (Wildman–Crippen LogP) is 4.38. The van der Waals surface area contributed by atoms with Crippen LogP contribution in [0.3, 0.4) is 0 Å². The average Bonchev–Trinajstić information content (AvgIpc) is 3.47. The van der Waals surface area contributed by atoms with E-state index in [1.54, 1.807) is 0 Å². The van der Waals surface area contributed by atoms with E-state index >= 15 is 0 Å². The van der Waals surface area contributed by atoms with Gasteiger partial charge in [-0.2, -0.15) is 0 Å². The molecule has 1 atom stereocenters. The van der Waals surface area contributed by atoms with Gasteiger partial charge in [-0.15, -0.1) is 10.2 Å². The van der Waals surface area contributed by atoms with E-state index in [9.17, 15) is 4.79 Å². The van der Waals surface area contributed by atoms with Crippen LogP contribution in [0.5, 0.6) is 0 Å².